The number of likely N-dealkylation sites (tertiary alicyclic amines) is 1. The molecule has 1 amide bonds. The lowest BCUT2D eigenvalue weighted by molar-refractivity contribution is -0.137. The van der Waals surface area contributed by atoms with Crippen molar-refractivity contribution in [2.24, 2.45) is 13.0 Å². The molecule has 1 fully saturated rings. The minimum atomic E-state index is 0.170. The SMILES string of the molecule is CCN(Cc1ccccc1)C(=O)C1CCN(CCc2nccn2C)CC1. The highest BCUT2D eigenvalue weighted by molar-refractivity contribution is 5.79. The third-order valence-corrected chi connectivity index (χ3v) is 5.42. The zero-order valence-electron chi connectivity index (χ0n) is 16.0. The summed E-state index contributed by atoms with van der Waals surface area (Å²) < 4.78 is 2.08. The summed E-state index contributed by atoms with van der Waals surface area (Å²) in [6.45, 7) is 6.59. The van der Waals surface area contributed by atoms with Crippen molar-refractivity contribution in [3.05, 3.63) is 54.1 Å². The molecule has 0 saturated carbocycles. The van der Waals surface area contributed by atoms with Gasteiger partial charge in [-0.25, -0.2) is 4.98 Å². The molecule has 2 aromatic rings. The predicted octanol–water partition coefficient (Wildman–Crippen LogP) is 2.72. The Labute approximate surface area is 156 Å². The number of hydrogen-bond donors (Lipinski definition) is 0. The van der Waals surface area contributed by atoms with E-state index in [1.54, 1.807) is 0 Å². The van der Waals surface area contributed by atoms with Crippen molar-refractivity contribution in [3.63, 3.8) is 0 Å². The van der Waals surface area contributed by atoms with Crippen molar-refractivity contribution in [1.29, 1.82) is 0 Å². The van der Waals surface area contributed by atoms with E-state index in [2.05, 4.69) is 33.5 Å². The number of carbonyl (C=O) groups is 1. The number of imidazole rings is 1. The third kappa shape index (κ3) is 4.73. The number of aromatic nitrogens is 2. The van der Waals surface area contributed by atoms with Crippen molar-refractivity contribution in [3.8, 4) is 0 Å². The topological polar surface area (TPSA) is 41.4 Å². The van der Waals surface area contributed by atoms with Gasteiger partial charge in [0.05, 0.1) is 0 Å². The summed E-state index contributed by atoms with van der Waals surface area (Å²) in [6.07, 6.45) is 6.74. The summed E-state index contributed by atoms with van der Waals surface area (Å²) >= 11 is 0. The maximum absolute atomic E-state index is 12.9. The molecule has 5 nitrogen and oxygen atoms in total. The lowest BCUT2D eigenvalue weighted by atomic mass is 9.95. The highest BCUT2D eigenvalue weighted by Crippen LogP contribution is 2.21. The molecule has 2 heterocycles. The fourth-order valence-corrected chi connectivity index (χ4v) is 3.71. The van der Waals surface area contributed by atoms with Gasteiger partial charge in [0.1, 0.15) is 5.82 Å². The van der Waals surface area contributed by atoms with E-state index >= 15 is 0 Å². The van der Waals surface area contributed by atoms with Crippen LogP contribution in [0.2, 0.25) is 0 Å². The molecular weight excluding hydrogens is 324 g/mol. The van der Waals surface area contributed by atoms with Gasteiger partial charge in [-0.3, -0.25) is 4.79 Å². The van der Waals surface area contributed by atoms with Crippen LogP contribution < -0.4 is 0 Å². The highest BCUT2D eigenvalue weighted by Gasteiger charge is 2.28. The van der Waals surface area contributed by atoms with Gasteiger partial charge >= 0.3 is 0 Å². The van der Waals surface area contributed by atoms with Crippen LogP contribution in [-0.2, 0) is 24.8 Å². The Kier molecular flexibility index (Phi) is 6.45. The van der Waals surface area contributed by atoms with E-state index in [-0.39, 0.29) is 5.92 Å². The zero-order chi connectivity index (χ0) is 18.4. The smallest absolute Gasteiger partial charge is 0.226 e. The Morgan fingerprint density at radius 3 is 2.58 bits per heavy atom. The summed E-state index contributed by atoms with van der Waals surface area (Å²) in [5.74, 6) is 1.62. The van der Waals surface area contributed by atoms with Crippen molar-refractivity contribution in [2.45, 2.75) is 32.7 Å². The fraction of sp³-hybridized carbons (Fsp3) is 0.524. The molecule has 5 heteroatoms. The van der Waals surface area contributed by atoms with Gasteiger partial charge in [-0.2, -0.15) is 0 Å². The van der Waals surface area contributed by atoms with Crippen LogP contribution in [0, 0.1) is 5.92 Å². The molecule has 1 aliphatic rings. The van der Waals surface area contributed by atoms with Crippen LogP contribution in [0.5, 0.6) is 0 Å². The molecule has 0 atom stereocenters. The van der Waals surface area contributed by atoms with Crippen molar-refractivity contribution < 1.29 is 4.79 Å². The van der Waals surface area contributed by atoms with E-state index in [0.29, 0.717) is 5.91 Å². The lowest BCUT2D eigenvalue weighted by Crippen LogP contribution is -2.42. The van der Waals surface area contributed by atoms with E-state index in [4.69, 9.17) is 0 Å². The second-order valence-electron chi connectivity index (χ2n) is 7.16. The average Bonchev–Trinajstić information content (AvgIpc) is 3.10. The number of hydrogen-bond acceptors (Lipinski definition) is 3. The number of amides is 1. The lowest BCUT2D eigenvalue weighted by Gasteiger charge is -2.34. The van der Waals surface area contributed by atoms with E-state index in [1.807, 2.05) is 42.5 Å². The van der Waals surface area contributed by atoms with Gasteiger partial charge in [0, 0.05) is 51.4 Å². The molecule has 0 aliphatic carbocycles. The first-order chi connectivity index (χ1) is 12.7. The second-order valence-corrected chi connectivity index (χ2v) is 7.16. The van der Waals surface area contributed by atoms with Gasteiger partial charge in [-0.1, -0.05) is 30.3 Å². The van der Waals surface area contributed by atoms with Gasteiger partial charge in [0.15, 0.2) is 0 Å². The van der Waals surface area contributed by atoms with Crippen molar-refractivity contribution in [2.75, 3.05) is 26.2 Å². The van der Waals surface area contributed by atoms with Gasteiger partial charge < -0.3 is 14.4 Å². The number of nitrogens with zero attached hydrogens (tertiary/aromatic N) is 4. The molecule has 0 N–H and O–H groups in total. The Morgan fingerprint density at radius 1 is 1.23 bits per heavy atom. The first-order valence-corrected chi connectivity index (χ1v) is 9.68. The van der Waals surface area contributed by atoms with Crippen LogP contribution in [0.3, 0.4) is 0 Å². The summed E-state index contributed by atoms with van der Waals surface area (Å²) in [5, 5.41) is 0. The summed E-state index contributed by atoms with van der Waals surface area (Å²) in [4.78, 5) is 21.8. The number of piperidine rings is 1. The standard InChI is InChI=1S/C21H30N4O/c1-3-25(17-18-7-5-4-6-8-18)21(26)19-9-13-24(14-10-19)15-11-20-22-12-16-23(20)2/h4-8,12,16,19H,3,9-11,13-15,17H2,1-2H3. The number of benzene rings is 1. The second kappa shape index (κ2) is 8.99. The first kappa shape index (κ1) is 18.6. The zero-order valence-corrected chi connectivity index (χ0v) is 16.0. The molecular formula is C21H30N4O. The van der Waals surface area contributed by atoms with E-state index < -0.39 is 0 Å². The quantitative estimate of drug-likeness (QED) is 0.768. The van der Waals surface area contributed by atoms with Gasteiger partial charge in [-0.05, 0) is 38.4 Å². The van der Waals surface area contributed by atoms with Crippen molar-refractivity contribution in [1.82, 2.24) is 19.4 Å². The normalized spacial score (nSPS) is 15.9. The molecule has 26 heavy (non-hydrogen) atoms. The van der Waals surface area contributed by atoms with Gasteiger partial charge in [-0.15, -0.1) is 0 Å². The van der Waals surface area contributed by atoms with Gasteiger partial charge in [0.2, 0.25) is 5.91 Å². The number of aryl methyl sites for hydroxylation is 1. The molecule has 140 valence electrons. The fourth-order valence-electron chi connectivity index (χ4n) is 3.71. The monoisotopic (exact) mass is 354 g/mol. The summed E-state index contributed by atoms with van der Waals surface area (Å²) in [7, 11) is 2.04. The van der Waals surface area contributed by atoms with Crippen LogP contribution in [-0.4, -0.2) is 51.4 Å². The molecule has 1 aromatic carbocycles. The summed E-state index contributed by atoms with van der Waals surface area (Å²) in [6, 6.07) is 10.3. The molecule has 0 bridgehead atoms. The van der Waals surface area contributed by atoms with E-state index in [0.717, 1.165) is 57.8 Å². The molecule has 1 saturated heterocycles. The minimum Gasteiger partial charge on any atom is -0.338 e. The number of rotatable bonds is 7. The Balaban J connectivity index is 1.47. The predicted molar refractivity (Wildman–Crippen MR) is 104 cm³/mol. The molecule has 0 unspecified atom stereocenters. The Hall–Kier alpha value is -2.14. The van der Waals surface area contributed by atoms with Crippen molar-refractivity contribution >= 4 is 5.91 Å². The van der Waals surface area contributed by atoms with Crippen LogP contribution in [0.25, 0.3) is 0 Å². The van der Waals surface area contributed by atoms with Crippen LogP contribution in [0.4, 0.5) is 0 Å². The maximum atomic E-state index is 12.9. The van der Waals surface area contributed by atoms with Crippen LogP contribution in [0.15, 0.2) is 42.7 Å². The van der Waals surface area contributed by atoms with E-state index in [1.165, 1.54) is 5.56 Å². The van der Waals surface area contributed by atoms with Crippen LogP contribution >= 0.6 is 0 Å². The molecule has 0 radical (unpaired) electrons. The highest BCUT2D eigenvalue weighted by atomic mass is 16.2. The van der Waals surface area contributed by atoms with E-state index in [9.17, 15) is 4.79 Å². The molecule has 3 rings (SSSR count). The third-order valence-electron chi connectivity index (χ3n) is 5.42. The van der Waals surface area contributed by atoms with Gasteiger partial charge in [0.25, 0.3) is 0 Å². The number of carbonyl (C=O) groups excluding carboxylic acids is 1. The molecule has 0 spiro atoms. The Morgan fingerprint density at radius 2 is 1.96 bits per heavy atom. The Bertz CT molecular complexity index is 689. The molecule has 1 aliphatic heterocycles. The summed E-state index contributed by atoms with van der Waals surface area (Å²) in [5.41, 5.74) is 1.20. The minimum absolute atomic E-state index is 0.170. The average molecular weight is 354 g/mol. The molecule has 1 aromatic heterocycles. The maximum Gasteiger partial charge on any atom is 0.226 e. The van der Waals surface area contributed by atoms with Crippen LogP contribution in [0.1, 0.15) is 31.2 Å². The largest absolute Gasteiger partial charge is 0.338 e. The first-order valence-electron chi connectivity index (χ1n) is 9.68.